The van der Waals surface area contributed by atoms with Crippen molar-refractivity contribution >= 4 is 11.6 Å². The molecule has 0 spiro atoms. The van der Waals surface area contributed by atoms with E-state index in [9.17, 15) is 4.39 Å². The van der Waals surface area contributed by atoms with Gasteiger partial charge in [0.05, 0.1) is 6.20 Å². The second-order valence-electron chi connectivity index (χ2n) is 2.61. The first-order valence-corrected chi connectivity index (χ1v) is 4.24. The maximum absolute atomic E-state index is 12.8. The summed E-state index contributed by atoms with van der Waals surface area (Å²) in [7, 11) is 0. The molecule has 2 rings (SSSR count). The molecule has 0 atom stereocenters. The number of hydrogen-bond acceptors (Lipinski definition) is 3. The van der Waals surface area contributed by atoms with Crippen LogP contribution in [0, 0.1) is 5.82 Å². The number of aromatic nitrogens is 3. The Labute approximate surface area is 84.6 Å². The summed E-state index contributed by atoms with van der Waals surface area (Å²) in [5.74, 6) is -0.0249. The van der Waals surface area contributed by atoms with Gasteiger partial charge in [-0.25, -0.2) is 9.37 Å². The Morgan fingerprint density at radius 2 is 2.14 bits per heavy atom. The van der Waals surface area contributed by atoms with Crippen LogP contribution in [0.4, 0.5) is 4.39 Å². The summed E-state index contributed by atoms with van der Waals surface area (Å²) >= 11 is 5.63. The van der Waals surface area contributed by atoms with Crippen molar-refractivity contribution in [2.45, 2.75) is 0 Å². The monoisotopic (exact) mass is 209 g/mol. The number of halogens is 2. The molecule has 2 aromatic rings. The molecule has 14 heavy (non-hydrogen) atoms. The van der Waals surface area contributed by atoms with Crippen molar-refractivity contribution in [1.82, 2.24) is 15.2 Å². The average molecular weight is 210 g/mol. The highest BCUT2D eigenvalue weighted by molar-refractivity contribution is 6.29. The number of hydrogen-bond donors (Lipinski definition) is 0. The van der Waals surface area contributed by atoms with Crippen molar-refractivity contribution in [1.29, 1.82) is 0 Å². The minimum atomic E-state index is -0.342. The molecule has 0 fully saturated rings. The molecule has 0 saturated heterocycles. The predicted molar refractivity (Wildman–Crippen MR) is 50.2 cm³/mol. The van der Waals surface area contributed by atoms with Gasteiger partial charge in [0.25, 0.3) is 0 Å². The van der Waals surface area contributed by atoms with E-state index >= 15 is 0 Å². The normalized spacial score (nSPS) is 10.1. The van der Waals surface area contributed by atoms with Gasteiger partial charge in [-0.1, -0.05) is 23.7 Å². The molecule has 70 valence electrons. The molecule has 1 aromatic carbocycles. The lowest BCUT2D eigenvalue weighted by molar-refractivity contribution is 0.628. The predicted octanol–water partition coefficient (Wildman–Crippen LogP) is 2.33. The number of benzene rings is 1. The number of rotatable bonds is 1. The van der Waals surface area contributed by atoms with Gasteiger partial charge in [-0.15, -0.1) is 5.10 Å². The summed E-state index contributed by atoms with van der Waals surface area (Å²) in [6.07, 6.45) is 1.32. The molecular formula is C9H5ClFN3. The van der Waals surface area contributed by atoms with Crippen LogP contribution in [-0.4, -0.2) is 15.2 Å². The lowest BCUT2D eigenvalue weighted by Crippen LogP contribution is -1.92. The lowest BCUT2D eigenvalue weighted by atomic mass is 10.2. The SMILES string of the molecule is Fc1cccc(-c2nncc(Cl)n2)c1. The highest BCUT2D eigenvalue weighted by Gasteiger charge is 2.03. The van der Waals surface area contributed by atoms with Crippen LogP contribution in [0.5, 0.6) is 0 Å². The second kappa shape index (κ2) is 3.67. The fourth-order valence-electron chi connectivity index (χ4n) is 1.03. The van der Waals surface area contributed by atoms with E-state index < -0.39 is 0 Å². The molecule has 0 unspecified atom stereocenters. The maximum Gasteiger partial charge on any atom is 0.183 e. The van der Waals surface area contributed by atoms with Crippen molar-refractivity contribution in [2.24, 2.45) is 0 Å². The average Bonchev–Trinajstić information content (AvgIpc) is 2.18. The summed E-state index contributed by atoms with van der Waals surface area (Å²) in [5.41, 5.74) is 0.556. The van der Waals surface area contributed by atoms with Gasteiger partial charge in [-0.2, -0.15) is 5.10 Å². The second-order valence-corrected chi connectivity index (χ2v) is 3.00. The van der Waals surface area contributed by atoms with Crippen LogP contribution in [0.3, 0.4) is 0 Å². The summed E-state index contributed by atoms with van der Waals surface area (Å²) in [4.78, 5) is 3.91. The molecule has 0 aliphatic rings. The van der Waals surface area contributed by atoms with Crippen LogP contribution in [0.1, 0.15) is 0 Å². The topological polar surface area (TPSA) is 38.7 Å². The largest absolute Gasteiger partial charge is 0.213 e. The van der Waals surface area contributed by atoms with Crippen molar-refractivity contribution in [3.63, 3.8) is 0 Å². The molecule has 1 aromatic heterocycles. The van der Waals surface area contributed by atoms with Crippen molar-refractivity contribution in [3.05, 3.63) is 41.4 Å². The molecule has 0 aliphatic heterocycles. The molecule has 5 heteroatoms. The van der Waals surface area contributed by atoms with E-state index in [0.717, 1.165) is 0 Å². The zero-order chi connectivity index (χ0) is 9.97. The van der Waals surface area contributed by atoms with Crippen LogP contribution in [0.2, 0.25) is 5.15 Å². The van der Waals surface area contributed by atoms with E-state index in [-0.39, 0.29) is 11.0 Å². The first-order chi connectivity index (χ1) is 6.75. The molecule has 0 bridgehead atoms. The third kappa shape index (κ3) is 1.85. The highest BCUT2D eigenvalue weighted by Crippen LogP contribution is 2.15. The summed E-state index contributed by atoms with van der Waals surface area (Å²) in [6.45, 7) is 0. The quantitative estimate of drug-likeness (QED) is 0.724. The third-order valence-corrected chi connectivity index (χ3v) is 1.79. The Balaban J connectivity index is 2.49. The lowest BCUT2D eigenvalue weighted by Gasteiger charge is -1.98. The van der Waals surface area contributed by atoms with Gasteiger partial charge in [0.2, 0.25) is 0 Å². The number of nitrogens with zero attached hydrogens (tertiary/aromatic N) is 3. The Kier molecular flexibility index (Phi) is 2.37. The summed E-state index contributed by atoms with van der Waals surface area (Å²) in [5, 5.41) is 7.60. The molecule has 0 aliphatic carbocycles. The fraction of sp³-hybridized carbons (Fsp3) is 0. The van der Waals surface area contributed by atoms with Crippen molar-refractivity contribution < 1.29 is 4.39 Å². The summed E-state index contributed by atoms with van der Waals surface area (Å²) < 4.78 is 12.8. The van der Waals surface area contributed by atoms with Gasteiger partial charge in [0.1, 0.15) is 5.82 Å². The molecule has 0 amide bonds. The fourth-order valence-corrected chi connectivity index (χ4v) is 1.16. The highest BCUT2D eigenvalue weighted by atomic mass is 35.5. The van der Waals surface area contributed by atoms with Gasteiger partial charge in [-0.3, -0.25) is 0 Å². The minimum Gasteiger partial charge on any atom is -0.213 e. The Hall–Kier alpha value is -1.55. The molecule has 0 radical (unpaired) electrons. The van der Waals surface area contributed by atoms with E-state index in [1.54, 1.807) is 12.1 Å². The van der Waals surface area contributed by atoms with Gasteiger partial charge in [0, 0.05) is 5.56 Å². The Morgan fingerprint density at radius 1 is 1.29 bits per heavy atom. The van der Waals surface area contributed by atoms with Crippen LogP contribution < -0.4 is 0 Å². The minimum absolute atomic E-state index is 0.235. The standard InChI is InChI=1S/C9H5ClFN3/c10-8-5-12-14-9(13-8)6-2-1-3-7(11)4-6/h1-5H. The van der Waals surface area contributed by atoms with Crippen LogP contribution in [-0.2, 0) is 0 Å². The molecule has 0 N–H and O–H groups in total. The van der Waals surface area contributed by atoms with Gasteiger partial charge in [-0.05, 0) is 12.1 Å². The first kappa shape index (κ1) is 9.02. The first-order valence-electron chi connectivity index (χ1n) is 3.87. The van der Waals surface area contributed by atoms with E-state index in [1.807, 2.05) is 0 Å². The molecule has 3 nitrogen and oxygen atoms in total. The smallest absolute Gasteiger partial charge is 0.183 e. The molecule has 0 saturated carbocycles. The third-order valence-electron chi connectivity index (χ3n) is 1.61. The van der Waals surface area contributed by atoms with Crippen LogP contribution in [0.15, 0.2) is 30.5 Å². The van der Waals surface area contributed by atoms with Gasteiger partial charge in [0.15, 0.2) is 11.0 Å². The maximum atomic E-state index is 12.8. The van der Waals surface area contributed by atoms with E-state index in [1.165, 1.54) is 18.3 Å². The van der Waals surface area contributed by atoms with Crippen LogP contribution in [0.25, 0.3) is 11.4 Å². The van der Waals surface area contributed by atoms with Gasteiger partial charge >= 0.3 is 0 Å². The van der Waals surface area contributed by atoms with Gasteiger partial charge < -0.3 is 0 Å². The molecule has 1 heterocycles. The summed E-state index contributed by atoms with van der Waals surface area (Å²) in [6, 6.07) is 5.94. The van der Waals surface area contributed by atoms with Crippen molar-refractivity contribution in [2.75, 3.05) is 0 Å². The van der Waals surface area contributed by atoms with E-state index in [4.69, 9.17) is 11.6 Å². The van der Waals surface area contributed by atoms with E-state index in [0.29, 0.717) is 11.4 Å². The molecular weight excluding hydrogens is 205 g/mol. The van der Waals surface area contributed by atoms with E-state index in [2.05, 4.69) is 15.2 Å². The Bertz CT molecular complexity index is 418. The Morgan fingerprint density at radius 3 is 2.86 bits per heavy atom. The van der Waals surface area contributed by atoms with Crippen molar-refractivity contribution in [3.8, 4) is 11.4 Å². The zero-order valence-electron chi connectivity index (χ0n) is 6.98. The zero-order valence-corrected chi connectivity index (χ0v) is 7.74. The van der Waals surface area contributed by atoms with Crippen LogP contribution >= 0.6 is 11.6 Å².